The van der Waals surface area contributed by atoms with Gasteiger partial charge in [0.25, 0.3) is 0 Å². The van der Waals surface area contributed by atoms with Gasteiger partial charge in [-0.25, -0.2) is 9.78 Å². The number of nitrogens with zero attached hydrogens (tertiary/aromatic N) is 2. The van der Waals surface area contributed by atoms with Gasteiger partial charge in [-0.3, -0.25) is 4.79 Å². The second kappa shape index (κ2) is 10.1. The first kappa shape index (κ1) is 21.6. The van der Waals surface area contributed by atoms with Gasteiger partial charge in [0.15, 0.2) is 0 Å². The number of rotatable bonds is 8. The van der Waals surface area contributed by atoms with Crippen LogP contribution in [0.3, 0.4) is 0 Å². The van der Waals surface area contributed by atoms with Crippen LogP contribution in [0.2, 0.25) is 0 Å². The van der Waals surface area contributed by atoms with Crippen molar-refractivity contribution in [2.24, 2.45) is 0 Å². The minimum atomic E-state index is -0.861. The van der Waals surface area contributed by atoms with Crippen molar-refractivity contribution in [3.05, 3.63) is 90.0 Å². The zero-order chi connectivity index (χ0) is 22.2. The molecule has 1 heterocycles. The van der Waals surface area contributed by atoms with Crippen LogP contribution in [0.25, 0.3) is 0 Å². The molecule has 0 spiro atoms. The van der Waals surface area contributed by atoms with Crippen molar-refractivity contribution < 1.29 is 9.59 Å². The van der Waals surface area contributed by atoms with Crippen molar-refractivity contribution in [1.29, 1.82) is 0 Å². The largest absolute Gasteiger partial charge is 0.350 e. The van der Waals surface area contributed by atoms with E-state index in [1.54, 1.807) is 12.5 Å². The van der Waals surface area contributed by atoms with Gasteiger partial charge in [-0.2, -0.15) is 0 Å². The normalized spacial score (nSPS) is 14.6. The van der Waals surface area contributed by atoms with Crippen molar-refractivity contribution in [3.8, 4) is 0 Å². The van der Waals surface area contributed by atoms with Gasteiger partial charge in [0, 0.05) is 32.0 Å². The molecule has 3 N–H and O–H groups in total. The van der Waals surface area contributed by atoms with Crippen LogP contribution in [0.5, 0.6) is 0 Å². The van der Waals surface area contributed by atoms with E-state index >= 15 is 0 Å². The smallest absolute Gasteiger partial charge is 0.315 e. The van der Waals surface area contributed by atoms with Crippen molar-refractivity contribution in [2.75, 3.05) is 0 Å². The van der Waals surface area contributed by atoms with Gasteiger partial charge < -0.3 is 20.5 Å². The van der Waals surface area contributed by atoms with Crippen LogP contribution in [0.15, 0.2) is 73.3 Å². The molecule has 3 aromatic rings. The first-order valence-electron chi connectivity index (χ1n) is 11.1. The van der Waals surface area contributed by atoms with E-state index in [0.29, 0.717) is 32.5 Å². The molecule has 0 unspecified atom stereocenters. The molecular weight excluding hydrogens is 402 g/mol. The monoisotopic (exact) mass is 431 g/mol. The minimum Gasteiger partial charge on any atom is -0.350 e. The molecule has 1 aromatic heterocycles. The number of aromatic nitrogens is 2. The first-order chi connectivity index (χ1) is 15.6. The average Bonchev–Trinajstić information content (AvgIpc) is 3.51. The lowest BCUT2D eigenvalue weighted by molar-refractivity contribution is -0.127. The highest BCUT2D eigenvalue weighted by Crippen LogP contribution is 2.30. The lowest BCUT2D eigenvalue weighted by atomic mass is 9.96. The van der Waals surface area contributed by atoms with Crippen molar-refractivity contribution >= 4 is 11.9 Å². The predicted octanol–water partition coefficient (Wildman–Crippen LogP) is 3.36. The van der Waals surface area contributed by atoms with Gasteiger partial charge in [-0.1, -0.05) is 67.4 Å². The maximum Gasteiger partial charge on any atom is 0.315 e. The Morgan fingerprint density at radius 2 is 1.62 bits per heavy atom. The summed E-state index contributed by atoms with van der Waals surface area (Å²) in [6.45, 7) is 1.53. The summed E-state index contributed by atoms with van der Waals surface area (Å²) in [5, 5.41) is 8.92. The molecule has 1 aliphatic rings. The Labute approximate surface area is 188 Å². The summed E-state index contributed by atoms with van der Waals surface area (Å²) in [5.74, 6) is -0.123. The summed E-state index contributed by atoms with van der Waals surface area (Å²) in [5.41, 5.74) is 2.33. The van der Waals surface area contributed by atoms with Gasteiger partial charge in [0.05, 0.1) is 6.33 Å². The number of amides is 3. The fraction of sp³-hybridized carbons (Fsp3) is 0.320. The second-order valence-electron chi connectivity index (χ2n) is 8.27. The number of carbonyl (C=O) groups excluding carboxylic acids is 2. The molecule has 1 fully saturated rings. The summed E-state index contributed by atoms with van der Waals surface area (Å²) in [6.07, 6.45) is 8.58. The lowest BCUT2D eigenvalue weighted by Gasteiger charge is -2.29. The van der Waals surface area contributed by atoms with Gasteiger partial charge in [0.2, 0.25) is 5.91 Å². The van der Waals surface area contributed by atoms with E-state index in [0.717, 1.165) is 29.5 Å². The lowest BCUT2D eigenvalue weighted by Crippen LogP contribution is -2.59. The van der Waals surface area contributed by atoms with E-state index < -0.39 is 5.54 Å². The zero-order valence-electron chi connectivity index (χ0n) is 18.1. The number of carbonyl (C=O) groups is 2. The highest BCUT2D eigenvalue weighted by molar-refractivity contribution is 5.91. The standard InChI is InChI=1S/C25H29N5O2/c31-23(27-17-21-10-4-5-11-22(21)18-30-15-14-26-19-30)25(12-6-7-13-25)29-24(32)28-16-20-8-2-1-3-9-20/h1-5,8-11,14-15,19H,6-7,12-13,16-18H2,(H,27,31)(H2,28,29,32). The van der Waals surface area contributed by atoms with Crippen molar-refractivity contribution in [3.63, 3.8) is 0 Å². The number of nitrogens with one attached hydrogen (secondary N) is 3. The third-order valence-corrected chi connectivity index (χ3v) is 6.01. The summed E-state index contributed by atoms with van der Waals surface area (Å²) in [4.78, 5) is 29.9. The van der Waals surface area contributed by atoms with Gasteiger partial charge in [0.1, 0.15) is 5.54 Å². The topological polar surface area (TPSA) is 88.0 Å². The molecule has 3 amide bonds. The van der Waals surface area contributed by atoms with Crippen LogP contribution < -0.4 is 16.0 Å². The maximum atomic E-state index is 13.2. The zero-order valence-corrected chi connectivity index (χ0v) is 18.1. The molecule has 166 valence electrons. The number of imidazole rings is 1. The molecule has 0 bridgehead atoms. The summed E-state index contributed by atoms with van der Waals surface area (Å²) < 4.78 is 2.00. The Balaban J connectivity index is 1.37. The van der Waals surface area contributed by atoms with E-state index in [9.17, 15) is 9.59 Å². The third-order valence-electron chi connectivity index (χ3n) is 6.01. The molecule has 32 heavy (non-hydrogen) atoms. The molecule has 1 saturated carbocycles. The van der Waals surface area contributed by atoms with Crippen LogP contribution in [0.1, 0.15) is 42.4 Å². The van der Waals surface area contributed by atoms with Gasteiger partial charge in [-0.05, 0) is 29.5 Å². The Morgan fingerprint density at radius 1 is 0.906 bits per heavy atom. The average molecular weight is 432 g/mol. The van der Waals surface area contributed by atoms with Crippen LogP contribution in [-0.2, 0) is 24.4 Å². The van der Waals surface area contributed by atoms with Crippen LogP contribution in [0, 0.1) is 0 Å². The van der Waals surface area contributed by atoms with Crippen LogP contribution in [0.4, 0.5) is 4.79 Å². The fourth-order valence-electron chi connectivity index (χ4n) is 4.23. The molecule has 1 aliphatic carbocycles. The molecule has 0 saturated heterocycles. The first-order valence-corrected chi connectivity index (χ1v) is 11.1. The van der Waals surface area contributed by atoms with E-state index in [4.69, 9.17) is 0 Å². The molecule has 7 nitrogen and oxygen atoms in total. The number of urea groups is 1. The van der Waals surface area contributed by atoms with Crippen LogP contribution >= 0.6 is 0 Å². The Kier molecular flexibility index (Phi) is 6.84. The summed E-state index contributed by atoms with van der Waals surface area (Å²) >= 11 is 0. The highest BCUT2D eigenvalue weighted by Gasteiger charge is 2.42. The maximum absolute atomic E-state index is 13.2. The molecule has 0 radical (unpaired) electrons. The molecular formula is C25H29N5O2. The van der Waals surface area contributed by atoms with Crippen molar-refractivity contribution in [1.82, 2.24) is 25.5 Å². The summed E-state index contributed by atoms with van der Waals surface area (Å²) in [6, 6.07) is 17.5. The molecule has 0 atom stereocenters. The van der Waals surface area contributed by atoms with Gasteiger partial charge in [-0.15, -0.1) is 0 Å². The van der Waals surface area contributed by atoms with E-state index in [2.05, 4.69) is 27.0 Å². The van der Waals surface area contributed by atoms with Gasteiger partial charge >= 0.3 is 6.03 Å². The van der Waals surface area contributed by atoms with E-state index in [1.165, 1.54) is 0 Å². The molecule has 0 aliphatic heterocycles. The van der Waals surface area contributed by atoms with E-state index in [-0.39, 0.29) is 11.9 Å². The Hall–Kier alpha value is -3.61. The van der Waals surface area contributed by atoms with Crippen molar-refractivity contribution in [2.45, 2.75) is 50.9 Å². The number of benzene rings is 2. The minimum absolute atomic E-state index is 0.123. The second-order valence-corrected chi connectivity index (χ2v) is 8.27. The molecule has 7 heteroatoms. The predicted molar refractivity (Wildman–Crippen MR) is 123 cm³/mol. The third kappa shape index (κ3) is 5.35. The number of hydrogen-bond acceptors (Lipinski definition) is 3. The fourth-order valence-corrected chi connectivity index (χ4v) is 4.23. The van der Waals surface area contributed by atoms with Crippen LogP contribution in [-0.4, -0.2) is 27.0 Å². The quantitative estimate of drug-likeness (QED) is 0.511. The molecule has 2 aromatic carbocycles. The Morgan fingerprint density at radius 3 is 2.34 bits per heavy atom. The highest BCUT2D eigenvalue weighted by atomic mass is 16.2. The summed E-state index contributed by atoms with van der Waals surface area (Å²) in [7, 11) is 0. The molecule has 4 rings (SSSR count). The van der Waals surface area contributed by atoms with E-state index in [1.807, 2.05) is 59.3 Å². The number of hydrogen-bond donors (Lipinski definition) is 3. The Bertz CT molecular complexity index is 1030. The SMILES string of the molecule is O=C(NCc1ccccc1)NC1(C(=O)NCc2ccccc2Cn2ccnc2)CCCC1.